The number of benzene rings is 1. The van der Waals surface area contributed by atoms with E-state index in [9.17, 15) is 0 Å². The van der Waals surface area contributed by atoms with Crippen molar-refractivity contribution in [1.29, 1.82) is 0 Å². The number of hydrogen-bond donors (Lipinski definition) is 0. The molecule has 0 radical (unpaired) electrons. The van der Waals surface area contributed by atoms with Crippen molar-refractivity contribution in [2.24, 2.45) is 17.8 Å². The highest BCUT2D eigenvalue weighted by atomic mass is 79.9. The van der Waals surface area contributed by atoms with E-state index in [0.29, 0.717) is 5.92 Å². The Kier molecular flexibility index (Phi) is 3.17. The fourth-order valence-electron chi connectivity index (χ4n) is 4.14. The zero-order valence-electron chi connectivity index (χ0n) is 10.6. The molecule has 2 bridgehead atoms. The van der Waals surface area contributed by atoms with E-state index in [-0.39, 0.29) is 5.38 Å². The Balaban J connectivity index is 1.72. The fourth-order valence-corrected chi connectivity index (χ4v) is 6.36. The first kappa shape index (κ1) is 12.7. The second-order valence-electron chi connectivity index (χ2n) is 6.05. The highest BCUT2D eigenvalue weighted by Crippen LogP contribution is 2.55. The van der Waals surface area contributed by atoms with Crippen molar-refractivity contribution in [3.8, 4) is 0 Å². The summed E-state index contributed by atoms with van der Waals surface area (Å²) >= 11 is 12.3. The zero-order chi connectivity index (χ0) is 13.0. The Morgan fingerprint density at radius 3 is 2.89 bits per heavy atom. The summed E-state index contributed by atoms with van der Waals surface area (Å²) in [6.45, 7) is 0. The van der Waals surface area contributed by atoms with E-state index in [1.807, 2.05) is 11.3 Å². The van der Waals surface area contributed by atoms with E-state index in [0.717, 1.165) is 11.8 Å². The molecule has 2 saturated carbocycles. The van der Waals surface area contributed by atoms with Crippen LogP contribution in [0.3, 0.4) is 0 Å². The van der Waals surface area contributed by atoms with Crippen LogP contribution in [0.2, 0.25) is 0 Å². The molecule has 0 aliphatic heterocycles. The summed E-state index contributed by atoms with van der Waals surface area (Å²) < 4.78 is 2.53. The van der Waals surface area contributed by atoms with Gasteiger partial charge in [0, 0.05) is 9.17 Å². The minimum Gasteiger partial charge on any atom is -0.142 e. The highest BCUT2D eigenvalue weighted by Gasteiger charge is 2.43. The summed E-state index contributed by atoms with van der Waals surface area (Å²) in [6.07, 6.45) is 5.63. The first-order valence-corrected chi connectivity index (χ1v) is 9.14. The topological polar surface area (TPSA) is 0 Å². The molecule has 2 aliphatic rings. The Morgan fingerprint density at radius 1 is 1.26 bits per heavy atom. The number of rotatable bonds is 2. The smallest absolute Gasteiger partial charge is 0.0630 e. The van der Waals surface area contributed by atoms with E-state index < -0.39 is 0 Å². The van der Waals surface area contributed by atoms with Gasteiger partial charge in [0.1, 0.15) is 0 Å². The molecule has 1 heterocycles. The van der Waals surface area contributed by atoms with Crippen molar-refractivity contribution in [3.63, 3.8) is 0 Å². The van der Waals surface area contributed by atoms with Crippen molar-refractivity contribution in [1.82, 2.24) is 0 Å². The Bertz CT molecular complexity index is 620. The molecule has 0 N–H and O–H groups in total. The predicted molar refractivity (Wildman–Crippen MR) is 87.1 cm³/mol. The maximum Gasteiger partial charge on any atom is 0.0630 e. The van der Waals surface area contributed by atoms with E-state index in [4.69, 9.17) is 11.6 Å². The number of thiophene rings is 1. The normalized spacial score (nSPS) is 31.2. The molecular weight excluding hydrogens is 340 g/mol. The lowest BCUT2D eigenvalue weighted by Crippen LogP contribution is -2.15. The Morgan fingerprint density at radius 2 is 2.16 bits per heavy atom. The maximum absolute atomic E-state index is 6.87. The van der Waals surface area contributed by atoms with Crippen LogP contribution >= 0.6 is 38.9 Å². The molecule has 0 amide bonds. The van der Waals surface area contributed by atoms with Crippen LogP contribution in [0.15, 0.2) is 28.1 Å². The van der Waals surface area contributed by atoms with Crippen LogP contribution in [-0.4, -0.2) is 0 Å². The second kappa shape index (κ2) is 4.75. The molecule has 100 valence electrons. The van der Waals surface area contributed by atoms with E-state index in [2.05, 4.69) is 39.5 Å². The van der Waals surface area contributed by atoms with Crippen molar-refractivity contribution >= 4 is 49.0 Å². The molecule has 3 heteroatoms. The second-order valence-corrected chi connectivity index (χ2v) is 8.25. The molecule has 19 heavy (non-hydrogen) atoms. The number of alkyl halides is 1. The number of halogens is 2. The van der Waals surface area contributed by atoms with Crippen LogP contribution in [0.4, 0.5) is 0 Å². The molecule has 0 nitrogen and oxygen atoms in total. The average molecular weight is 356 g/mol. The van der Waals surface area contributed by atoms with Crippen LogP contribution in [-0.2, 0) is 0 Å². The minimum absolute atomic E-state index is 0.207. The third kappa shape index (κ3) is 1.99. The summed E-state index contributed by atoms with van der Waals surface area (Å²) in [6, 6.07) is 6.45. The van der Waals surface area contributed by atoms with Gasteiger partial charge in [0.2, 0.25) is 0 Å². The van der Waals surface area contributed by atoms with Crippen molar-refractivity contribution < 1.29 is 0 Å². The van der Waals surface area contributed by atoms with Crippen LogP contribution in [0.1, 0.15) is 36.6 Å². The van der Waals surface area contributed by atoms with Crippen LogP contribution in [0, 0.1) is 17.8 Å². The Hall–Kier alpha value is -0.0500. The molecule has 4 rings (SSSR count). The predicted octanol–water partition coefficient (Wildman–Crippen LogP) is 6.38. The first-order chi connectivity index (χ1) is 9.24. The lowest BCUT2D eigenvalue weighted by Gasteiger charge is -2.26. The van der Waals surface area contributed by atoms with Crippen molar-refractivity contribution in [2.45, 2.75) is 31.1 Å². The van der Waals surface area contributed by atoms with Gasteiger partial charge in [-0.05, 0) is 75.3 Å². The average Bonchev–Trinajstić information content (AvgIpc) is 3.12. The van der Waals surface area contributed by atoms with Gasteiger partial charge in [0.25, 0.3) is 0 Å². The molecule has 0 saturated heterocycles. The van der Waals surface area contributed by atoms with Gasteiger partial charge in [0.15, 0.2) is 0 Å². The summed E-state index contributed by atoms with van der Waals surface area (Å²) in [5, 5.41) is 3.83. The molecule has 1 aromatic carbocycles. The highest BCUT2D eigenvalue weighted by molar-refractivity contribution is 9.10. The molecular formula is C16H16BrClS. The summed E-state index contributed by atoms with van der Waals surface area (Å²) in [4.78, 5) is 0. The lowest BCUT2D eigenvalue weighted by molar-refractivity contribution is 0.324. The van der Waals surface area contributed by atoms with Crippen LogP contribution < -0.4 is 0 Å². The quantitative estimate of drug-likeness (QED) is 0.548. The van der Waals surface area contributed by atoms with Gasteiger partial charge in [-0.15, -0.1) is 22.9 Å². The maximum atomic E-state index is 6.87. The van der Waals surface area contributed by atoms with Gasteiger partial charge in [-0.25, -0.2) is 0 Å². The fraction of sp³-hybridized carbons (Fsp3) is 0.500. The Labute approximate surface area is 131 Å². The number of fused-ring (bicyclic) bond motifs is 3. The zero-order valence-corrected chi connectivity index (χ0v) is 13.8. The van der Waals surface area contributed by atoms with Gasteiger partial charge in [-0.2, -0.15) is 0 Å². The van der Waals surface area contributed by atoms with Crippen LogP contribution in [0.25, 0.3) is 10.1 Å². The van der Waals surface area contributed by atoms with Crippen molar-refractivity contribution in [2.75, 3.05) is 0 Å². The largest absolute Gasteiger partial charge is 0.142 e. The van der Waals surface area contributed by atoms with E-state index >= 15 is 0 Å². The van der Waals surface area contributed by atoms with Gasteiger partial charge in [-0.1, -0.05) is 18.6 Å². The monoisotopic (exact) mass is 354 g/mol. The third-order valence-corrected chi connectivity index (χ3v) is 7.58. The molecule has 2 fully saturated rings. The summed E-state index contributed by atoms with van der Waals surface area (Å²) in [5.74, 6) is 2.56. The molecule has 2 aliphatic carbocycles. The van der Waals surface area contributed by atoms with Gasteiger partial charge in [-0.3, -0.25) is 0 Å². The van der Waals surface area contributed by atoms with Gasteiger partial charge >= 0.3 is 0 Å². The summed E-state index contributed by atoms with van der Waals surface area (Å²) in [5.41, 5.74) is 1.36. The van der Waals surface area contributed by atoms with Gasteiger partial charge in [0.05, 0.1) is 5.38 Å². The molecule has 4 atom stereocenters. The SMILES string of the molecule is ClC(c1csc2c(Br)cccc12)C1CC2CCC1C2. The van der Waals surface area contributed by atoms with E-state index in [1.165, 1.54) is 45.8 Å². The molecule has 1 aromatic heterocycles. The van der Waals surface area contributed by atoms with Crippen molar-refractivity contribution in [3.05, 3.63) is 33.6 Å². The molecule has 4 unspecified atom stereocenters. The van der Waals surface area contributed by atoms with Gasteiger partial charge < -0.3 is 0 Å². The first-order valence-electron chi connectivity index (χ1n) is 7.03. The third-order valence-electron chi connectivity index (χ3n) is 5.05. The summed E-state index contributed by atoms with van der Waals surface area (Å²) in [7, 11) is 0. The number of hydrogen-bond acceptors (Lipinski definition) is 1. The lowest BCUT2D eigenvalue weighted by atomic mass is 9.84. The minimum atomic E-state index is 0.207. The standard InChI is InChI=1S/C16H16BrClS/c17-14-3-1-2-11-13(8-19-16(11)14)15(18)12-7-9-4-5-10(12)6-9/h1-3,8-10,12,15H,4-7H2. The molecule has 0 spiro atoms. The van der Waals surface area contributed by atoms with E-state index in [1.54, 1.807) is 0 Å². The molecule has 2 aromatic rings. The van der Waals surface area contributed by atoms with Crippen LogP contribution in [0.5, 0.6) is 0 Å².